The van der Waals surface area contributed by atoms with Crippen molar-refractivity contribution in [1.29, 1.82) is 5.26 Å². The van der Waals surface area contributed by atoms with E-state index >= 15 is 0 Å². The molecular formula is C18H24N6O2. The van der Waals surface area contributed by atoms with Gasteiger partial charge < -0.3 is 14.5 Å². The highest BCUT2D eigenvalue weighted by Crippen LogP contribution is 2.26. The zero-order valence-corrected chi connectivity index (χ0v) is 15.5. The van der Waals surface area contributed by atoms with Crippen LogP contribution in [0.2, 0.25) is 0 Å². The summed E-state index contributed by atoms with van der Waals surface area (Å²) in [6.07, 6.45) is 4.05. The van der Waals surface area contributed by atoms with Gasteiger partial charge in [-0.3, -0.25) is 4.99 Å². The van der Waals surface area contributed by atoms with Gasteiger partial charge in [0.05, 0.1) is 30.8 Å². The van der Waals surface area contributed by atoms with Crippen molar-refractivity contribution in [3.8, 4) is 6.07 Å². The molecule has 1 atom stereocenters. The lowest BCUT2D eigenvalue weighted by Crippen LogP contribution is -2.56. The van der Waals surface area contributed by atoms with Crippen molar-refractivity contribution in [1.82, 2.24) is 14.9 Å². The van der Waals surface area contributed by atoms with E-state index < -0.39 is 5.60 Å². The molecular weight excluding hydrogens is 332 g/mol. The third-order valence-electron chi connectivity index (χ3n) is 4.41. The van der Waals surface area contributed by atoms with Crippen molar-refractivity contribution in [3.63, 3.8) is 0 Å². The van der Waals surface area contributed by atoms with Gasteiger partial charge in [-0.15, -0.1) is 0 Å². The second kappa shape index (κ2) is 7.28. The number of amides is 1. The van der Waals surface area contributed by atoms with E-state index in [4.69, 9.17) is 4.74 Å². The van der Waals surface area contributed by atoms with Crippen LogP contribution in [0.25, 0.3) is 0 Å². The first kappa shape index (κ1) is 18.1. The number of aromatic nitrogens is 2. The highest BCUT2D eigenvalue weighted by atomic mass is 16.6. The molecule has 0 radical (unpaired) electrons. The Labute approximate surface area is 153 Å². The van der Waals surface area contributed by atoms with Gasteiger partial charge in [0.15, 0.2) is 0 Å². The predicted molar refractivity (Wildman–Crippen MR) is 97.1 cm³/mol. The maximum Gasteiger partial charge on any atom is 0.410 e. The zero-order chi connectivity index (χ0) is 18.7. The Kier molecular flexibility index (Phi) is 5.07. The minimum absolute atomic E-state index is 0.230. The van der Waals surface area contributed by atoms with Gasteiger partial charge >= 0.3 is 6.09 Å². The number of nitriles is 1. The fourth-order valence-electron chi connectivity index (χ4n) is 3.25. The second-order valence-electron chi connectivity index (χ2n) is 7.49. The summed E-state index contributed by atoms with van der Waals surface area (Å²) in [6.45, 7) is 7.78. The molecule has 0 bridgehead atoms. The monoisotopic (exact) mass is 356 g/mol. The van der Waals surface area contributed by atoms with Crippen LogP contribution in [0.5, 0.6) is 0 Å². The number of aliphatic imine (C=N–C) groups is 1. The van der Waals surface area contributed by atoms with Crippen molar-refractivity contribution in [2.45, 2.75) is 51.8 Å². The van der Waals surface area contributed by atoms with Crippen LogP contribution >= 0.6 is 0 Å². The van der Waals surface area contributed by atoms with Crippen LogP contribution in [0.4, 0.5) is 10.6 Å². The summed E-state index contributed by atoms with van der Waals surface area (Å²) in [4.78, 5) is 29.4. The molecule has 0 aliphatic carbocycles. The van der Waals surface area contributed by atoms with E-state index in [9.17, 15) is 10.1 Å². The first-order chi connectivity index (χ1) is 12.4. The Balaban J connectivity index is 1.79. The summed E-state index contributed by atoms with van der Waals surface area (Å²) in [6, 6.07) is 1.96. The third-order valence-corrected chi connectivity index (χ3v) is 4.41. The fraction of sp³-hybridized carbons (Fsp3) is 0.611. The van der Waals surface area contributed by atoms with E-state index in [1.165, 1.54) is 0 Å². The van der Waals surface area contributed by atoms with Gasteiger partial charge in [-0.1, -0.05) is 0 Å². The second-order valence-corrected chi connectivity index (χ2v) is 7.49. The summed E-state index contributed by atoms with van der Waals surface area (Å²) in [5, 5.41) is 9.21. The molecule has 2 aliphatic rings. The first-order valence-corrected chi connectivity index (χ1v) is 8.81. The molecule has 1 saturated heterocycles. The maximum absolute atomic E-state index is 12.5. The molecule has 1 fully saturated rings. The normalized spacial score (nSPS) is 19.7. The van der Waals surface area contributed by atoms with Gasteiger partial charge in [0.25, 0.3) is 0 Å². The quantitative estimate of drug-likeness (QED) is 0.804. The summed E-state index contributed by atoms with van der Waals surface area (Å²) in [5.41, 5.74) is 1.48. The molecule has 3 rings (SSSR count). The molecule has 0 unspecified atom stereocenters. The topological polar surface area (TPSA) is 94.7 Å². The SMILES string of the molecule is CC(C)(C)OC(=O)N1CCN(c2ncnc3c2CC=NC3)C[C@@H]1CC#N. The Morgan fingerprint density at radius 1 is 1.38 bits per heavy atom. The van der Waals surface area contributed by atoms with Crippen LogP contribution in [0, 0.1) is 11.3 Å². The van der Waals surface area contributed by atoms with Crippen LogP contribution < -0.4 is 4.90 Å². The van der Waals surface area contributed by atoms with Gasteiger partial charge in [0.2, 0.25) is 0 Å². The predicted octanol–water partition coefficient (Wildman–Crippen LogP) is 1.94. The van der Waals surface area contributed by atoms with Crippen LogP contribution in [0.3, 0.4) is 0 Å². The molecule has 0 saturated carbocycles. The number of piperazine rings is 1. The summed E-state index contributed by atoms with van der Waals surface area (Å²) in [7, 11) is 0. The van der Waals surface area contributed by atoms with Crippen molar-refractivity contribution >= 4 is 18.1 Å². The van der Waals surface area contributed by atoms with E-state index in [0.29, 0.717) is 32.6 Å². The zero-order valence-electron chi connectivity index (χ0n) is 15.5. The molecule has 0 spiro atoms. The number of nitrogens with zero attached hydrogens (tertiary/aromatic N) is 6. The number of anilines is 1. The van der Waals surface area contributed by atoms with E-state index in [1.54, 1.807) is 11.2 Å². The van der Waals surface area contributed by atoms with Crippen LogP contribution in [-0.2, 0) is 17.7 Å². The Morgan fingerprint density at radius 3 is 2.92 bits per heavy atom. The number of rotatable bonds is 2. The Hall–Kier alpha value is -2.69. The maximum atomic E-state index is 12.5. The molecule has 2 aliphatic heterocycles. The van der Waals surface area contributed by atoms with Crippen LogP contribution in [0.1, 0.15) is 38.4 Å². The molecule has 1 aromatic rings. The summed E-state index contributed by atoms with van der Waals surface area (Å²) in [5.74, 6) is 0.882. The Morgan fingerprint density at radius 2 is 2.19 bits per heavy atom. The number of ether oxygens (including phenoxy) is 1. The summed E-state index contributed by atoms with van der Waals surface area (Å²) < 4.78 is 5.50. The summed E-state index contributed by atoms with van der Waals surface area (Å²) >= 11 is 0. The first-order valence-electron chi connectivity index (χ1n) is 8.81. The van der Waals surface area contributed by atoms with Crippen molar-refractivity contribution in [2.24, 2.45) is 4.99 Å². The molecule has 3 heterocycles. The number of carbonyl (C=O) groups excluding carboxylic acids is 1. The average molecular weight is 356 g/mol. The third kappa shape index (κ3) is 3.93. The molecule has 1 aromatic heterocycles. The highest BCUT2D eigenvalue weighted by Gasteiger charge is 2.34. The van der Waals surface area contributed by atoms with Gasteiger partial charge in [0.1, 0.15) is 17.7 Å². The lowest BCUT2D eigenvalue weighted by atomic mass is 10.1. The van der Waals surface area contributed by atoms with Crippen molar-refractivity contribution < 1.29 is 9.53 Å². The lowest BCUT2D eigenvalue weighted by molar-refractivity contribution is 0.0145. The van der Waals surface area contributed by atoms with Crippen molar-refractivity contribution in [3.05, 3.63) is 17.6 Å². The molecule has 0 N–H and O–H groups in total. The van der Waals surface area contributed by atoms with E-state index in [0.717, 1.165) is 17.1 Å². The highest BCUT2D eigenvalue weighted by molar-refractivity contribution is 5.70. The molecule has 0 aromatic carbocycles. The van der Waals surface area contributed by atoms with E-state index in [1.807, 2.05) is 27.0 Å². The van der Waals surface area contributed by atoms with Gasteiger partial charge in [-0.2, -0.15) is 5.26 Å². The molecule has 8 nitrogen and oxygen atoms in total. The minimum atomic E-state index is -0.559. The standard InChI is InChI=1S/C18H24N6O2/c1-18(2,3)26-17(25)24-9-8-23(11-13(24)4-6-19)16-14-5-7-20-10-15(14)21-12-22-16/h7,12-13H,4-5,8-11H2,1-3H3/t13-/m0/s1. The van der Waals surface area contributed by atoms with Crippen LogP contribution in [-0.4, -0.2) is 58.5 Å². The smallest absolute Gasteiger partial charge is 0.410 e. The molecule has 1 amide bonds. The molecule has 8 heteroatoms. The Bertz CT molecular complexity index is 749. The fourth-order valence-corrected chi connectivity index (χ4v) is 3.25. The largest absolute Gasteiger partial charge is 0.444 e. The van der Waals surface area contributed by atoms with E-state index in [2.05, 4.69) is 25.9 Å². The van der Waals surface area contributed by atoms with Gasteiger partial charge in [0, 0.05) is 37.8 Å². The molecule has 138 valence electrons. The number of fused-ring (bicyclic) bond motifs is 1. The lowest BCUT2D eigenvalue weighted by Gasteiger charge is -2.42. The number of hydrogen-bond donors (Lipinski definition) is 0. The van der Waals surface area contributed by atoms with E-state index in [-0.39, 0.29) is 18.6 Å². The minimum Gasteiger partial charge on any atom is -0.444 e. The number of hydrogen-bond acceptors (Lipinski definition) is 7. The van der Waals surface area contributed by atoms with Gasteiger partial charge in [-0.05, 0) is 20.8 Å². The average Bonchev–Trinajstić information content (AvgIpc) is 2.60. The van der Waals surface area contributed by atoms with Crippen LogP contribution in [0.15, 0.2) is 11.3 Å². The molecule has 26 heavy (non-hydrogen) atoms. The number of carbonyl (C=O) groups is 1. The van der Waals surface area contributed by atoms with Crippen molar-refractivity contribution in [2.75, 3.05) is 24.5 Å². The van der Waals surface area contributed by atoms with Gasteiger partial charge in [-0.25, -0.2) is 14.8 Å².